The van der Waals surface area contributed by atoms with Crippen molar-refractivity contribution in [1.29, 1.82) is 0 Å². The molecule has 0 spiro atoms. The third-order valence-electron chi connectivity index (χ3n) is 4.35. The lowest BCUT2D eigenvalue weighted by Crippen LogP contribution is -1.99. The number of methoxy groups -OCH3 is 2. The first kappa shape index (κ1) is 15.4. The van der Waals surface area contributed by atoms with Crippen molar-refractivity contribution in [2.75, 3.05) is 19.5 Å². The van der Waals surface area contributed by atoms with Gasteiger partial charge in [-0.05, 0) is 41.8 Å². The molecule has 0 amide bonds. The molecule has 0 bridgehead atoms. The number of nitrogens with one attached hydrogen (secondary N) is 2. The summed E-state index contributed by atoms with van der Waals surface area (Å²) in [6.07, 6.45) is 0. The van der Waals surface area contributed by atoms with Crippen LogP contribution in [0.4, 0.5) is 15.9 Å². The molecule has 2 N–H and O–H groups in total. The Morgan fingerprint density at radius 1 is 1.04 bits per heavy atom. The predicted octanol–water partition coefficient (Wildman–Crippen LogP) is 4.51. The van der Waals surface area contributed by atoms with Gasteiger partial charge in [0.25, 0.3) is 0 Å². The Morgan fingerprint density at radius 3 is 2.52 bits per heavy atom. The summed E-state index contributed by atoms with van der Waals surface area (Å²) < 4.78 is 26.1. The molecule has 1 aliphatic carbocycles. The lowest BCUT2D eigenvalue weighted by molar-refractivity contribution is 0.356. The maximum absolute atomic E-state index is 13.5. The van der Waals surface area contributed by atoms with E-state index in [9.17, 15) is 4.39 Å². The van der Waals surface area contributed by atoms with Crippen molar-refractivity contribution in [3.8, 4) is 22.8 Å². The molecule has 0 unspecified atom stereocenters. The summed E-state index contributed by atoms with van der Waals surface area (Å²) in [5.41, 5.74) is 2.69. The van der Waals surface area contributed by atoms with Gasteiger partial charge < -0.3 is 14.8 Å². The Bertz CT molecular complexity index is 1030. The summed E-state index contributed by atoms with van der Waals surface area (Å²) in [6, 6.07) is 12.4. The lowest BCUT2D eigenvalue weighted by Gasteiger charge is -2.08. The average molecular weight is 339 g/mol. The van der Waals surface area contributed by atoms with Crippen LogP contribution in [-0.4, -0.2) is 24.0 Å². The molecule has 1 aliphatic heterocycles. The van der Waals surface area contributed by atoms with Gasteiger partial charge in [-0.1, -0.05) is 6.07 Å². The van der Waals surface area contributed by atoms with Gasteiger partial charge in [-0.2, -0.15) is 0 Å². The quantitative estimate of drug-likeness (QED) is 0.575. The second-order valence-electron chi connectivity index (χ2n) is 5.88. The number of aryl methyl sites for hydroxylation is 1. The number of rotatable bonds is 4. The van der Waals surface area contributed by atoms with Gasteiger partial charge in [0.2, 0.25) is 0 Å². The van der Waals surface area contributed by atoms with Crippen molar-refractivity contribution in [2.45, 2.75) is 0 Å². The predicted molar refractivity (Wildman–Crippen MR) is 96.7 cm³/mol. The maximum Gasteiger partial charge on any atom is 0.161 e. The number of H-pyrrole nitrogens is 1. The van der Waals surface area contributed by atoms with Crippen molar-refractivity contribution in [2.24, 2.45) is 7.05 Å². The number of nitrogens with zero attached hydrogens (tertiary/aromatic N) is 1. The average Bonchev–Trinajstić information content (AvgIpc) is 3.09. The van der Waals surface area contributed by atoms with E-state index in [1.165, 1.54) is 12.1 Å². The zero-order valence-electron chi connectivity index (χ0n) is 14.2. The van der Waals surface area contributed by atoms with Crippen molar-refractivity contribution < 1.29 is 13.9 Å². The Balaban J connectivity index is 1.85. The van der Waals surface area contributed by atoms with Crippen molar-refractivity contribution >= 4 is 22.3 Å². The fourth-order valence-electron chi connectivity index (χ4n) is 3.17. The molecule has 0 saturated heterocycles. The molecule has 1 heterocycles. The Kier molecular flexibility index (Phi) is 3.53. The first-order chi connectivity index (χ1) is 12.1. The number of halogens is 1. The molecule has 5 nitrogen and oxygen atoms in total. The molecule has 0 radical (unpaired) electrons. The number of aromatic amines is 1. The number of benzene rings is 2. The number of hydrogen-bond donors (Lipinski definition) is 2. The topological polar surface area (TPSA) is 51.2 Å². The third-order valence-corrected chi connectivity index (χ3v) is 4.35. The molecule has 0 fully saturated rings. The molecule has 0 atom stereocenters. The van der Waals surface area contributed by atoms with E-state index < -0.39 is 0 Å². The van der Waals surface area contributed by atoms with Gasteiger partial charge in [0.15, 0.2) is 11.5 Å². The SMILES string of the molecule is COc1cc2cc3c(Nc4cccc(F)c4)n(C)[nH]c-3c2cc1OC. The lowest BCUT2D eigenvalue weighted by atomic mass is 10.2. The highest BCUT2D eigenvalue weighted by atomic mass is 19.1. The highest BCUT2D eigenvalue weighted by molar-refractivity contribution is 6.05. The van der Waals surface area contributed by atoms with Gasteiger partial charge in [0, 0.05) is 23.7 Å². The standard InChI is InChI=1S/C19H18FN3O2/c1-23-19(21-13-6-4-5-12(20)9-13)15-7-11-8-16(24-2)17(25-3)10-14(11)18(15)22-23/h4-10,21-22H,1-3H3. The van der Waals surface area contributed by atoms with Crippen molar-refractivity contribution in [3.05, 3.63) is 48.3 Å². The van der Waals surface area contributed by atoms with Crippen molar-refractivity contribution in [1.82, 2.24) is 9.78 Å². The second-order valence-corrected chi connectivity index (χ2v) is 5.88. The number of aromatic nitrogens is 2. The number of anilines is 2. The third kappa shape index (κ3) is 2.46. The minimum Gasteiger partial charge on any atom is -0.493 e. The monoisotopic (exact) mass is 339 g/mol. The van der Waals surface area contributed by atoms with Crippen LogP contribution >= 0.6 is 0 Å². The minimum absolute atomic E-state index is 0.276. The van der Waals surface area contributed by atoms with E-state index in [0.717, 1.165) is 27.8 Å². The molecule has 4 rings (SSSR count). The fraction of sp³-hybridized carbons (Fsp3) is 0.158. The van der Waals surface area contributed by atoms with Crippen LogP contribution in [0.3, 0.4) is 0 Å². The van der Waals surface area contributed by atoms with Crippen LogP contribution in [-0.2, 0) is 7.05 Å². The van der Waals surface area contributed by atoms with Crippen LogP contribution in [0.25, 0.3) is 22.0 Å². The summed E-state index contributed by atoms with van der Waals surface area (Å²) >= 11 is 0. The van der Waals surface area contributed by atoms with E-state index in [2.05, 4.69) is 16.5 Å². The van der Waals surface area contributed by atoms with E-state index in [0.29, 0.717) is 17.2 Å². The molecule has 2 aromatic rings. The molecule has 6 heteroatoms. The van der Waals surface area contributed by atoms with Gasteiger partial charge in [-0.25, -0.2) is 4.39 Å². The van der Waals surface area contributed by atoms with Crippen molar-refractivity contribution in [3.63, 3.8) is 0 Å². The van der Waals surface area contributed by atoms with E-state index in [1.807, 2.05) is 29.9 Å². The smallest absolute Gasteiger partial charge is 0.161 e. The number of hydrogen-bond acceptors (Lipinski definition) is 3. The molecule has 2 aliphatic rings. The highest BCUT2D eigenvalue weighted by Gasteiger charge is 2.21. The Hall–Kier alpha value is -3.15. The van der Waals surface area contributed by atoms with Crippen LogP contribution < -0.4 is 14.8 Å². The summed E-state index contributed by atoms with van der Waals surface area (Å²) in [6.45, 7) is 0. The van der Waals surface area contributed by atoms with E-state index in [4.69, 9.17) is 9.47 Å². The first-order valence-electron chi connectivity index (χ1n) is 7.86. The van der Waals surface area contributed by atoms with Crippen LogP contribution in [0.1, 0.15) is 0 Å². The summed E-state index contributed by atoms with van der Waals surface area (Å²) in [5.74, 6) is 1.95. The highest BCUT2D eigenvalue weighted by Crippen LogP contribution is 2.43. The molecular weight excluding hydrogens is 321 g/mol. The van der Waals surface area contributed by atoms with E-state index in [-0.39, 0.29) is 5.82 Å². The van der Waals surface area contributed by atoms with Gasteiger partial charge >= 0.3 is 0 Å². The van der Waals surface area contributed by atoms with Crippen LogP contribution in [0, 0.1) is 5.82 Å². The van der Waals surface area contributed by atoms with Crippen LogP contribution in [0.5, 0.6) is 11.5 Å². The van der Waals surface area contributed by atoms with Gasteiger partial charge in [-0.3, -0.25) is 9.78 Å². The van der Waals surface area contributed by atoms with Crippen LogP contribution in [0.2, 0.25) is 0 Å². The van der Waals surface area contributed by atoms with Gasteiger partial charge in [0.05, 0.1) is 19.9 Å². The zero-order chi connectivity index (χ0) is 17.6. The molecule has 0 saturated carbocycles. The number of ether oxygens (including phenoxy) is 2. The molecule has 25 heavy (non-hydrogen) atoms. The zero-order valence-corrected chi connectivity index (χ0v) is 14.2. The summed E-state index contributed by atoms with van der Waals surface area (Å²) in [4.78, 5) is 0. The van der Waals surface area contributed by atoms with Crippen LogP contribution in [0.15, 0.2) is 42.5 Å². The maximum atomic E-state index is 13.5. The normalized spacial score (nSPS) is 11.2. The van der Waals surface area contributed by atoms with E-state index in [1.54, 1.807) is 20.3 Å². The summed E-state index contributed by atoms with van der Waals surface area (Å²) in [7, 11) is 5.15. The molecule has 2 aromatic carbocycles. The van der Waals surface area contributed by atoms with Gasteiger partial charge in [0.1, 0.15) is 11.6 Å². The second kappa shape index (κ2) is 5.73. The number of fused-ring (bicyclic) bond motifs is 3. The largest absolute Gasteiger partial charge is 0.493 e. The summed E-state index contributed by atoms with van der Waals surface area (Å²) in [5, 5.41) is 8.70. The first-order valence-corrected chi connectivity index (χ1v) is 7.86. The van der Waals surface area contributed by atoms with Gasteiger partial charge in [-0.15, -0.1) is 0 Å². The Labute approximate surface area is 144 Å². The molecule has 0 aromatic heterocycles. The fourth-order valence-corrected chi connectivity index (χ4v) is 3.17. The molecular formula is C19H18FN3O2. The molecule has 128 valence electrons. The minimum atomic E-state index is -0.276. The Morgan fingerprint density at radius 2 is 1.80 bits per heavy atom. The van der Waals surface area contributed by atoms with E-state index >= 15 is 0 Å².